The van der Waals surface area contributed by atoms with Crippen LogP contribution in [0.1, 0.15) is 24.8 Å². The van der Waals surface area contributed by atoms with Gasteiger partial charge in [-0.05, 0) is 30.4 Å². The molecule has 5 heteroatoms. The van der Waals surface area contributed by atoms with Crippen LogP contribution in [0, 0.1) is 5.92 Å². The smallest absolute Gasteiger partial charge is 0.227 e. The van der Waals surface area contributed by atoms with Crippen LogP contribution in [-0.2, 0) is 16.0 Å². The monoisotopic (exact) mass is 250 g/mol. The number of rotatable bonds is 4. The van der Waals surface area contributed by atoms with Crippen molar-refractivity contribution >= 4 is 11.8 Å². The van der Waals surface area contributed by atoms with Gasteiger partial charge < -0.3 is 15.1 Å². The third kappa shape index (κ3) is 3.35. The van der Waals surface area contributed by atoms with Crippen LogP contribution in [0.2, 0.25) is 0 Å². The predicted molar refractivity (Wildman–Crippen MR) is 65.5 cm³/mol. The van der Waals surface area contributed by atoms with Crippen LogP contribution in [0.15, 0.2) is 23.0 Å². The van der Waals surface area contributed by atoms with Gasteiger partial charge in [-0.2, -0.15) is 0 Å². The minimum atomic E-state index is -0.288. The van der Waals surface area contributed by atoms with Crippen molar-refractivity contribution in [1.82, 2.24) is 4.90 Å². The molecule has 98 valence electrons. The van der Waals surface area contributed by atoms with Crippen molar-refractivity contribution in [3.8, 4) is 0 Å². The Morgan fingerprint density at radius 3 is 3.00 bits per heavy atom. The SMILES string of the molecule is NC(=O)CC1CCCN(C(=O)Cc2ccoc2)C1. The average Bonchev–Trinajstić information content (AvgIpc) is 2.81. The summed E-state index contributed by atoms with van der Waals surface area (Å²) >= 11 is 0. The molecule has 1 aliphatic rings. The molecule has 1 unspecified atom stereocenters. The second-order valence-corrected chi connectivity index (χ2v) is 4.83. The van der Waals surface area contributed by atoms with E-state index in [1.54, 1.807) is 18.6 Å². The quantitative estimate of drug-likeness (QED) is 0.863. The van der Waals surface area contributed by atoms with Crippen molar-refractivity contribution in [2.75, 3.05) is 13.1 Å². The highest BCUT2D eigenvalue weighted by Crippen LogP contribution is 2.20. The van der Waals surface area contributed by atoms with Crippen LogP contribution in [0.5, 0.6) is 0 Å². The number of amides is 2. The highest BCUT2D eigenvalue weighted by molar-refractivity contribution is 5.79. The molecule has 2 rings (SSSR count). The van der Waals surface area contributed by atoms with Gasteiger partial charge in [0.2, 0.25) is 11.8 Å². The molecule has 2 amide bonds. The van der Waals surface area contributed by atoms with E-state index in [2.05, 4.69) is 0 Å². The average molecular weight is 250 g/mol. The number of carbonyl (C=O) groups excluding carboxylic acids is 2. The Kier molecular flexibility index (Phi) is 4.02. The van der Waals surface area contributed by atoms with Crippen molar-refractivity contribution < 1.29 is 14.0 Å². The van der Waals surface area contributed by atoms with Gasteiger partial charge in [-0.1, -0.05) is 0 Å². The molecule has 5 nitrogen and oxygen atoms in total. The van der Waals surface area contributed by atoms with E-state index in [9.17, 15) is 9.59 Å². The Bertz CT molecular complexity index is 414. The normalized spacial score (nSPS) is 19.8. The molecule has 0 bridgehead atoms. The van der Waals surface area contributed by atoms with Crippen LogP contribution in [0.4, 0.5) is 0 Å². The minimum absolute atomic E-state index is 0.0885. The first-order valence-electron chi connectivity index (χ1n) is 6.22. The summed E-state index contributed by atoms with van der Waals surface area (Å²) in [5.74, 6) is 0.0132. The summed E-state index contributed by atoms with van der Waals surface area (Å²) in [4.78, 5) is 24.8. The zero-order chi connectivity index (χ0) is 13.0. The van der Waals surface area contributed by atoms with E-state index < -0.39 is 0 Å². The second-order valence-electron chi connectivity index (χ2n) is 4.83. The van der Waals surface area contributed by atoms with Gasteiger partial charge in [-0.15, -0.1) is 0 Å². The lowest BCUT2D eigenvalue weighted by molar-refractivity contribution is -0.133. The molecule has 1 aromatic rings. The summed E-state index contributed by atoms with van der Waals surface area (Å²) < 4.78 is 4.94. The van der Waals surface area contributed by atoms with Gasteiger partial charge in [-0.3, -0.25) is 9.59 Å². The Hall–Kier alpha value is -1.78. The summed E-state index contributed by atoms with van der Waals surface area (Å²) in [7, 11) is 0. The number of primary amides is 1. The van der Waals surface area contributed by atoms with Gasteiger partial charge in [0.05, 0.1) is 18.9 Å². The van der Waals surface area contributed by atoms with E-state index >= 15 is 0 Å². The van der Waals surface area contributed by atoms with Crippen LogP contribution in [-0.4, -0.2) is 29.8 Å². The molecule has 0 aromatic carbocycles. The fourth-order valence-electron chi connectivity index (χ4n) is 2.42. The molecule has 0 saturated carbocycles. The molecular weight excluding hydrogens is 232 g/mol. The lowest BCUT2D eigenvalue weighted by Gasteiger charge is -2.32. The van der Waals surface area contributed by atoms with Gasteiger partial charge in [0.15, 0.2) is 0 Å². The molecule has 0 spiro atoms. The van der Waals surface area contributed by atoms with Crippen molar-refractivity contribution in [2.24, 2.45) is 11.7 Å². The Morgan fingerprint density at radius 1 is 1.50 bits per heavy atom. The number of hydrogen-bond donors (Lipinski definition) is 1. The molecule has 18 heavy (non-hydrogen) atoms. The maximum atomic E-state index is 12.1. The zero-order valence-electron chi connectivity index (χ0n) is 10.3. The van der Waals surface area contributed by atoms with Gasteiger partial charge in [0.1, 0.15) is 0 Å². The molecule has 0 radical (unpaired) electrons. The lowest BCUT2D eigenvalue weighted by Crippen LogP contribution is -2.41. The van der Waals surface area contributed by atoms with E-state index in [4.69, 9.17) is 10.2 Å². The van der Waals surface area contributed by atoms with Crippen LogP contribution in [0.3, 0.4) is 0 Å². The number of piperidine rings is 1. The highest BCUT2D eigenvalue weighted by Gasteiger charge is 2.24. The van der Waals surface area contributed by atoms with Crippen molar-refractivity contribution in [2.45, 2.75) is 25.7 Å². The molecule has 1 aliphatic heterocycles. The van der Waals surface area contributed by atoms with Gasteiger partial charge in [-0.25, -0.2) is 0 Å². The summed E-state index contributed by atoms with van der Waals surface area (Å²) in [6, 6.07) is 1.79. The van der Waals surface area contributed by atoms with Crippen molar-refractivity contribution in [3.63, 3.8) is 0 Å². The third-order valence-electron chi connectivity index (χ3n) is 3.30. The lowest BCUT2D eigenvalue weighted by atomic mass is 9.94. The molecule has 1 atom stereocenters. The van der Waals surface area contributed by atoms with E-state index in [-0.39, 0.29) is 17.7 Å². The largest absolute Gasteiger partial charge is 0.472 e. The van der Waals surface area contributed by atoms with Crippen molar-refractivity contribution in [3.05, 3.63) is 24.2 Å². The Morgan fingerprint density at radius 2 is 2.33 bits per heavy atom. The summed E-state index contributed by atoms with van der Waals surface area (Å²) in [6.07, 6.45) is 5.79. The molecule has 1 saturated heterocycles. The number of carbonyl (C=O) groups is 2. The number of furan rings is 1. The Balaban J connectivity index is 1.88. The number of nitrogens with two attached hydrogens (primary N) is 1. The topological polar surface area (TPSA) is 76.5 Å². The first-order valence-corrected chi connectivity index (χ1v) is 6.22. The first kappa shape index (κ1) is 12.7. The minimum Gasteiger partial charge on any atom is -0.472 e. The third-order valence-corrected chi connectivity index (χ3v) is 3.30. The summed E-state index contributed by atoms with van der Waals surface area (Å²) in [5, 5.41) is 0. The maximum absolute atomic E-state index is 12.1. The first-order chi connectivity index (χ1) is 8.65. The summed E-state index contributed by atoms with van der Waals surface area (Å²) in [6.45, 7) is 1.41. The number of likely N-dealkylation sites (tertiary alicyclic amines) is 1. The maximum Gasteiger partial charge on any atom is 0.227 e. The van der Waals surface area contributed by atoms with E-state index in [0.717, 1.165) is 24.9 Å². The predicted octanol–water partition coefficient (Wildman–Crippen LogP) is 0.936. The van der Waals surface area contributed by atoms with E-state index in [0.29, 0.717) is 19.4 Å². The molecule has 1 fully saturated rings. The van der Waals surface area contributed by atoms with Crippen LogP contribution in [0.25, 0.3) is 0 Å². The summed E-state index contributed by atoms with van der Waals surface area (Å²) in [5.41, 5.74) is 6.09. The van der Waals surface area contributed by atoms with Gasteiger partial charge >= 0.3 is 0 Å². The van der Waals surface area contributed by atoms with E-state index in [1.807, 2.05) is 4.90 Å². The van der Waals surface area contributed by atoms with Gasteiger partial charge in [0.25, 0.3) is 0 Å². The second kappa shape index (κ2) is 5.71. The Labute approximate surface area is 106 Å². The van der Waals surface area contributed by atoms with E-state index in [1.165, 1.54) is 0 Å². The molecular formula is C13H18N2O3. The fraction of sp³-hybridized carbons (Fsp3) is 0.538. The van der Waals surface area contributed by atoms with Crippen LogP contribution < -0.4 is 5.73 Å². The van der Waals surface area contributed by atoms with Gasteiger partial charge in [0, 0.05) is 19.5 Å². The van der Waals surface area contributed by atoms with Crippen molar-refractivity contribution in [1.29, 1.82) is 0 Å². The number of nitrogens with zero attached hydrogens (tertiary/aromatic N) is 1. The molecule has 2 heterocycles. The standard InChI is InChI=1S/C13H18N2O3/c14-12(16)6-10-2-1-4-15(8-10)13(17)7-11-3-5-18-9-11/h3,5,9-10H,1-2,4,6-8H2,(H2,14,16). The fourth-order valence-corrected chi connectivity index (χ4v) is 2.42. The molecule has 1 aromatic heterocycles. The zero-order valence-corrected chi connectivity index (χ0v) is 10.3. The number of hydrogen-bond acceptors (Lipinski definition) is 3. The molecule has 2 N–H and O–H groups in total. The van der Waals surface area contributed by atoms with Crippen LogP contribution >= 0.6 is 0 Å². The molecule has 0 aliphatic carbocycles. The highest BCUT2D eigenvalue weighted by atomic mass is 16.3.